The zero-order valence-corrected chi connectivity index (χ0v) is 14.9. The number of benzene rings is 1. The van der Waals surface area contributed by atoms with E-state index in [1.54, 1.807) is 12.4 Å². The number of aromatic nitrogens is 1. The van der Waals surface area contributed by atoms with Gasteiger partial charge in [-0.1, -0.05) is 23.8 Å². The summed E-state index contributed by atoms with van der Waals surface area (Å²) in [6, 6.07) is 11.5. The molecule has 2 atom stereocenters. The van der Waals surface area contributed by atoms with E-state index in [4.69, 9.17) is 0 Å². The van der Waals surface area contributed by atoms with Crippen molar-refractivity contribution in [3.63, 3.8) is 0 Å². The van der Waals surface area contributed by atoms with Crippen molar-refractivity contribution in [3.05, 3.63) is 65.5 Å². The topological polar surface area (TPSA) is 62.3 Å². The summed E-state index contributed by atoms with van der Waals surface area (Å²) in [7, 11) is 0. The monoisotopic (exact) mass is 349 g/mol. The number of nitrogens with zero attached hydrogens (tertiary/aromatic N) is 2. The lowest BCUT2D eigenvalue weighted by Crippen LogP contribution is -2.31. The Balaban J connectivity index is 1.33. The Hall–Kier alpha value is -2.69. The molecule has 4 rings (SSSR count). The molecule has 26 heavy (non-hydrogen) atoms. The maximum absolute atomic E-state index is 12.7. The number of carbonyl (C=O) groups excluding carboxylic acids is 2. The van der Waals surface area contributed by atoms with Crippen LogP contribution in [0.1, 0.15) is 34.3 Å². The fraction of sp³-hybridized carbons (Fsp3) is 0.381. The van der Waals surface area contributed by atoms with Crippen molar-refractivity contribution >= 4 is 11.8 Å². The molecule has 134 valence electrons. The highest BCUT2D eigenvalue weighted by Gasteiger charge is 2.61. The smallest absolute Gasteiger partial charge is 0.253 e. The molecule has 1 N–H and O–H groups in total. The van der Waals surface area contributed by atoms with Gasteiger partial charge in [-0.25, -0.2) is 0 Å². The molecule has 0 radical (unpaired) electrons. The molecule has 1 aromatic heterocycles. The van der Waals surface area contributed by atoms with Crippen LogP contribution in [0.15, 0.2) is 48.8 Å². The van der Waals surface area contributed by atoms with E-state index in [-0.39, 0.29) is 23.1 Å². The minimum atomic E-state index is -0.0145. The van der Waals surface area contributed by atoms with Crippen LogP contribution < -0.4 is 5.32 Å². The number of nitrogens with one attached hydrogen (secondary N) is 1. The number of hydrogen-bond acceptors (Lipinski definition) is 3. The third kappa shape index (κ3) is 3.21. The second-order valence-corrected chi connectivity index (χ2v) is 7.54. The molecule has 1 aromatic carbocycles. The molecule has 2 amide bonds. The van der Waals surface area contributed by atoms with E-state index in [1.165, 1.54) is 0 Å². The quantitative estimate of drug-likeness (QED) is 0.923. The zero-order chi connectivity index (χ0) is 18.1. The average Bonchev–Trinajstić information content (AvgIpc) is 3.20. The molecule has 2 aromatic rings. The number of pyridine rings is 1. The van der Waals surface area contributed by atoms with E-state index >= 15 is 0 Å². The number of amides is 2. The first-order valence-electron chi connectivity index (χ1n) is 9.10. The summed E-state index contributed by atoms with van der Waals surface area (Å²) < 4.78 is 0. The van der Waals surface area contributed by atoms with Gasteiger partial charge in [0.05, 0.1) is 0 Å². The van der Waals surface area contributed by atoms with Crippen molar-refractivity contribution in [2.24, 2.45) is 11.3 Å². The fourth-order valence-corrected chi connectivity index (χ4v) is 3.93. The standard InChI is InChI=1S/C21H23N3O2/c1-15-4-6-17(7-5-15)20(26)24-10-8-21(14-24)11-18(21)19(25)23-13-16-3-2-9-22-12-16/h2-7,9,12,18H,8,10-11,13-14H2,1H3,(H,23,25)/t18-,21+/m1/s1. The Morgan fingerprint density at radius 3 is 2.81 bits per heavy atom. The number of carbonyl (C=O) groups is 2. The predicted octanol–water partition coefficient (Wildman–Crippen LogP) is 2.56. The summed E-state index contributed by atoms with van der Waals surface area (Å²) in [6.07, 6.45) is 5.28. The van der Waals surface area contributed by atoms with Gasteiger partial charge in [-0.2, -0.15) is 0 Å². The van der Waals surface area contributed by atoms with Crippen LogP contribution in [0.25, 0.3) is 0 Å². The zero-order valence-electron chi connectivity index (χ0n) is 14.9. The molecule has 0 bridgehead atoms. The van der Waals surface area contributed by atoms with Gasteiger partial charge in [0.25, 0.3) is 5.91 Å². The van der Waals surface area contributed by atoms with Crippen molar-refractivity contribution in [2.45, 2.75) is 26.3 Å². The largest absolute Gasteiger partial charge is 0.352 e. The number of aryl methyl sites for hydroxylation is 1. The summed E-state index contributed by atoms with van der Waals surface area (Å²) in [4.78, 5) is 31.1. The van der Waals surface area contributed by atoms with Gasteiger partial charge in [0.15, 0.2) is 0 Å². The van der Waals surface area contributed by atoms with Gasteiger partial charge in [0.1, 0.15) is 0 Å². The summed E-state index contributed by atoms with van der Waals surface area (Å²) in [6.45, 7) is 3.94. The lowest BCUT2D eigenvalue weighted by Gasteiger charge is -2.17. The summed E-state index contributed by atoms with van der Waals surface area (Å²) in [5.41, 5.74) is 2.86. The maximum atomic E-state index is 12.7. The second kappa shape index (κ2) is 6.56. The third-order valence-electron chi connectivity index (χ3n) is 5.67. The first-order valence-corrected chi connectivity index (χ1v) is 9.10. The van der Waals surface area contributed by atoms with Crippen LogP contribution in [-0.2, 0) is 11.3 Å². The van der Waals surface area contributed by atoms with Crippen LogP contribution in [0.3, 0.4) is 0 Å². The molecule has 2 fully saturated rings. The van der Waals surface area contributed by atoms with Gasteiger partial charge in [-0.05, 0) is 43.5 Å². The van der Waals surface area contributed by atoms with Gasteiger partial charge in [-0.3, -0.25) is 14.6 Å². The molecule has 5 heteroatoms. The molecular weight excluding hydrogens is 326 g/mol. The Kier molecular flexibility index (Phi) is 4.23. The van der Waals surface area contributed by atoms with Gasteiger partial charge >= 0.3 is 0 Å². The average molecular weight is 349 g/mol. The molecule has 1 saturated carbocycles. The minimum absolute atomic E-state index is 0.0145. The van der Waals surface area contributed by atoms with Gasteiger partial charge in [-0.15, -0.1) is 0 Å². The minimum Gasteiger partial charge on any atom is -0.352 e. The molecule has 5 nitrogen and oxygen atoms in total. The van der Waals surface area contributed by atoms with Gasteiger partial charge in [0.2, 0.25) is 5.91 Å². The molecule has 1 saturated heterocycles. The summed E-state index contributed by atoms with van der Waals surface area (Å²) in [5, 5.41) is 3.01. The van der Waals surface area contributed by atoms with Crippen LogP contribution in [0.4, 0.5) is 0 Å². The number of hydrogen-bond donors (Lipinski definition) is 1. The third-order valence-corrected chi connectivity index (χ3v) is 5.67. The number of rotatable bonds is 4. The first kappa shape index (κ1) is 16.8. The fourth-order valence-electron chi connectivity index (χ4n) is 3.93. The summed E-state index contributed by atoms with van der Waals surface area (Å²) >= 11 is 0. The van der Waals surface area contributed by atoms with E-state index in [2.05, 4.69) is 10.3 Å². The second-order valence-electron chi connectivity index (χ2n) is 7.54. The highest BCUT2D eigenvalue weighted by molar-refractivity contribution is 5.94. The SMILES string of the molecule is Cc1ccc(C(=O)N2CC[C@]3(C[C@@H]3C(=O)NCc3cccnc3)C2)cc1. The molecule has 0 unspecified atom stereocenters. The van der Waals surface area contributed by atoms with Crippen LogP contribution in [0, 0.1) is 18.3 Å². The predicted molar refractivity (Wildman–Crippen MR) is 98.3 cm³/mol. The lowest BCUT2D eigenvalue weighted by atomic mass is 10.0. The van der Waals surface area contributed by atoms with Crippen molar-refractivity contribution in [3.8, 4) is 0 Å². The summed E-state index contributed by atoms with van der Waals surface area (Å²) in [5.74, 6) is 0.191. The van der Waals surface area contributed by atoms with Crippen LogP contribution in [0.2, 0.25) is 0 Å². The van der Waals surface area contributed by atoms with Crippen LogP contribution >= 0.6 is 0 Å². The van der Waals surface area contributed by atoms with E-state index < -0.39 is 0 Å². The van der Waals surface area contributed by atoms with E-state index in [9.17, 15) is 9.59 Å². The van der Waals surface area contributed by atoms with Gasteiger partial charge in [0, 0.05) is 48.9 Å². The Bertz CT molecular complexity index is 819. The van der Waals surface area contributed by atoms with E-state index in [0.29, 0.717) is 13.1 Å². The first-order chi connectivity index (χ1) is 12.6. The molecule has 2 aliphatic rings. The lowest BCUT2D eigenvalue weighted by molar-refractivity contribution is -0.123. The number of likely N-dealkylation sites (tertiary alicyclic amines) is 1. The van der Waals surface area contributed by atoms with Crippen molar-refractivity contribution in [2.75, 3.05) is 13.1 Å². The van der Waals surface area contributed by atoms with Gasteiger partial charge < -0.3 is 10.2 Å². The van der Waals surface area contributed by atoms with E-state index in [1.807, 2.05) is 48.2 Å². The molecule has 1 spiro atoms. The van der Waals surface area contributed by atoms with Crippen LogP contribution in [-0.4, -0.2) is 34.8 Å². The molecule has 1 aliphatic heterocycles. The Morgan fingerprint density at radius 1 is 1.27 bits per heavy atom. The Morgan fingerprint density at radius 2 is 2.08 bits per heavy atom. The Labute approximate surface area is 153 Å². The van der Waals surface area contributed by atoms with Crippen molar-refractivity contribution < 1.29 is 9.59 Å². The maximum Gasteiger partial charge on any atom is 0.253 e. The normalized spacial score (nSPS) is 23.9. The van der Waals surface area contributed by atoms with Crippen molar-refractivity contribution in [1.82, 2.24) is 15.2 Å². The molecule has 1 aliphatic carbocycles. The van der Waals surface area contributed by atoms with Crippen LogP contribution in [0.5, 0.6) is 0 Å². The van der Waals surface area contributed by atoms with E-state index in [0.717, 1.165) is 36.1 Å². The highest BCUT2D eigenvalue weighted by atomic mass is 16.2. The highest BCUT2D eigenvalue weighted by Crippen LogP contribution is 2.58. The molecular formula is C21H23N3O2. The van der Waals surface area contributed by atoms with Crippen molar-refractivity contribution in [1.29, 1.82) is 0 Å². The molecule has 2 heterocycles.